The monoisotopic (exact) mass is 342 g/mol. The first-order valence-corrected chi connectivity index (χ1v) is 7.75. The molecule has 2 aromatic heterocycles. The highest BCUT2D eigenvalue weighted by Crippen LogP contribution is 2.27. The van der Waals surface area contributed by atoms with E-state index in [9.17, 15) is 4.39 Å². The molecule has 0 spiro atoms. The van der Waals surface area contributed by atoms with E-state index in [-0.39, 0.29) is 5.82 Å². The van der Waals surface area contributed by atoms with Crippen molar-refractivity contribution in [2.45, 2.75) is 23.3 Å². The standard InChI is InChI=1S/C16H11FN4O2S/c1-10(22-13-5-3-12(17)4-6-13)15-20-21-16(23-15)24-14-7-2-11(8-18)9-19-14/h2-7,9-10H,1H3/t10-/m0/s1. The van der Waals surface area contributed by atoms with Gasteiger partial charge in [0.1, 0.15) is 22.7 Å². The van der Waals surface area contributed by atoms with Crippen molar-refractivity contribution < 1.29 is 13.5 Å². The SMILES string of the molecule is C[C@H](Oc1ccc(F)cc1)c1nnc(Sc2ccc(C#N)cn2)o1. The Morgan fingerprint density at radius 2 is 2.00 bits per heavy atom. The lowest BCUT2D eigenvalue weighted by molar-refractivity contribution is 0.181. The normalized spacial score (nSPS) is 11.7. The fourth-order valence-corrected chi connectivity index (χ4v) is 2.42. The molecular weight excluding hydrogens is 331 g/mol. The summed E-state index contributed by atoms with van der Waals surface area (Å²) in [5.41, 5.74) is 0.479. The van der Waals surface area contributed by atoms with Crippen molar-refractivity contribution in [3.63, 3.8) is 0 Å². The van der Waals surface area contributed by atoms with Gasteiger partial charge in [-0.1, -0.05) is 0 Å². The number of halogens is 1. The Hall–Kier alpha value is -2.92. The summed E-state index contributed by atoms with van der Waals surface area (Å²) in [6.45, 7) is 1.76. The Bertz CT molecular complexity index is 859. The zero-order valence-corrected chi connectivity index (χ0v) is 13.3. The molecule has 0 fully saturated rings. The third-order valence-electron chi connectivity index (χ3n) is 2.95. The Balaban J connectivity index is 1.65. The smallest absolute Gasteiger partial charge is 0.283 e. The summed E-state index contributed by atoms with van der Waals surface area (Å²) in [6, 6.07) is 11.0. The summed E-state index contributed by atoms with van der Waals surface area (Å²) in [6.07, 6.45) is 0.992. The maximum atomic E-state index is 12.9. The van der Waals surface area contributed by atoms with E-state index in [1.54, 1.807) is 19.1 Å². The zero-order chi connectivity index (χ0) is 16.9. The van der Waals surface area contributed by atoms with Crippen LogP contribution in [0, 0.1) is 17.1 Å². The largest absolute Gasteiger partial charge is 0.481 e. The van der Waals surface area contributed by atoms with E-state index in [1.165, 1.54) is 42.2 Å². The minimum absolute atomic E-state index is 0.301. The molecule has 0 aliphatic heterocycles. The van der Waals surface area contributed by atoms with Crippen LogP contribution in [0.2, 0.25) is 0 Å². The summed E-state index contributed by atoms with van der Waals surface area (Å²) in [5.74, 6) is 0.474. The maximum absolute atomic E-state index is 12.9. The molecular formula is C16H11FN4O2S. The average molecular weight is 342 g/mol. The van der Waals surface area contributed by atoms with Crippen LogP contribution in [-0.2, 0) is 0 Å². The molecule has 0 unspecified atom stereocenters. The van der Waals surface area contributed by atoms with Gasteiger partial charge < -0.3 is 9.15 Å². The molecule has 0 saturated carbocycles. The third kappa shape index (κ3) is 3.88. The minimum Gasteiger partial charge on any atom is -0.481 e. The predicted octanol–water partition coefficient (Wildman–Crippen LogP) is 3.77. The molecule has 0 aliphatic carbocycles. The van der Waals surface area contributed by atoms with E-state index in [2.05, 4.69) is 15.2 Å². The molecule has 8 heteroatoms. The number of pyridine rings is 1. The van der Waals surface area contributed by atoms with Crippen LogP contribution < -0.4 is 4.74 Å². The van der Waals surface area contributed by atoms with Gasteiger partial charge >= 0.3 is 0 Å². The summed E-state index contributed by atoms with van der Waals surface area (Å²) in [4.78, 5) is 4.12. The Labute approximate surface area is 141 Å². The number of hydrogen-bond donors (Lipinski definition) is 0. The van der Waals surface area contributed by atoms with E-state index in [1.807, 2.05) is 6.07 Å². The number of nitriles is 1. The van der Waals surface area contributed by atoms with Gasteiger partial charge in [-0.15, -0.1) is 10.2 Å². The highest BCUT2D eigenvalue weighted by molar-refractivity contribution is 7.99. The van der Waals surface area contributed by atoms with Gasteiger partial charge in [-0.25, -0.2) is 9.37 Å². The van der Waals surface area contributed by atoms with Gasteiger partial charge in [-0.05, 0) is 55.1 Å². The topological polar surface area (TPSA) is 84.8 Å². The highest BCUT2D eigenvalue weighted by atomic mass is 32.2. The minimum atomic E-state index is -0.480. The Kier molecular flexibility index (Phi) is 4.72. The first kappa shape index (κ1) is 16.0. The van der Waals surface area contributed by atoms with Crippen LogP contribution in [0.15, 0.2) is 57.3 Å². The molecule has 0 aliphatic rings. The second kappa shape index (κ2) is 7.10. The van der Waals surface area contributed by atoms with Crippen molar-refractivity contribution in [3.05, 3.63) is 59.9 Å². The number of nitrogens with zero attached hydrogens (tertiary/aromatic N) is 4. The summed E-state index contributed by atoms with van der Waals surface area (Å²) in [5, 5.41) is 17.6. The van der Waals surface area contributed by atoms with Crippen molar-refractivity contribution in [3.8, 4) is 11.8 Å². The summed E-state index contributed by atoms with van der Waals surface area (Å²) < 4.78 is 24.0. The lowest BCUT2D eigenvalue weighted by Crippen LogP contribution is -2.03. The van der Waals surface area contributed by atoms with Crippen LogP contribution in [0.1, 0.15) is 24.5 Å². The zero-order valence-electron chi connectivity index (χ0n) is 12.5. The van der Waals surface area contributed by atoms with Gasteiger partial charge in [-0.2, -0.15) is 5.26 Å². The first-order valence-electron chi connectivity index (χ1n) is 6.93. The van der Waals surface area contributed by atoms with E-state index >= 15 is 0 Å². The molecule has 3 rings (SSSR count). The number of aromatic nitrogens is 3. The van der Waals surface area contributed by atoms with Gasteiger partial charge in [0.05, 0.1) is 5.56 Å². The fourth-order valence-electron chi connectivity index (χ4n) is 1.79. The molecule has 2 heterocycles. The van der Waals surface area contributed by atoms with Gasteiger partial charge in [0.2, 0.25) is 0 Å². The molecule has 0 amide bonds. The summed E-state index contributed by atoms with van der Waals surface area (Å²) >= 11 is 1.19. The second-order valence-electron chi connectivity index (χ2n) is 4.72. The molecule has 1 aromatic carbocycles. The van der Waals surface area contributed by atoms with Gasteiger partial charge in [0.15, 0.2) is 6.10 Å². The van der Waals surface area contributed by atoms with Crippen molar-refractivity contribution in [1.82, 2.24) is 15.2 Å². The fraction of sp³-hybridized carbons (Fsp3) is 0.125. The quantitative estimate of drug-likeness (QED) is 0.697. The highest BCUT2D eigenvalue weighted by Gasteiger charge is 2.16. The number of hydrogen-bond acceptors (Lipinski definition) is 7. The third-order valence-corrected chi connectivity index (χ3v) is 3.74. The lowest BCUT2D eigenvalue weighted by Gasteiger charge is -2.10. The van der Waals surface area contributed by atoms with Crippen LogP contribution in [0.4, 0.5) is 4.39 Å². The first-order chi connectivity index (χ1) is 11.6. The maximum Gasteiger partial charge on any atom is 0.283 e. The number of benzene rings is 1. The predicted molar refractivity (Wildman–Crippen MR) is 82.8 cm³/mol. The van der Waals surface area contributed by atoms with Crippen LogP contribution >= 0.6 is 11.8 Å². The van der Waals surface area contributed by atoms with Gasteiger partial charge in [-0.3, -0.25) is 0 Å². The number of ether oxygens (including phenoxy) is 1. The van der Waals surface area contributed by atoms with Crippen LogP contribution in [0.5, 0.6) is 5.75 Å². The van der Waals surface area contributed by atoms with E-state index in [4.69, 9.17) is 14.4 Å². The van der Waals surface area contributed by atoms with Crippen LogP contribution in [-0.4, -0.2) is 15.2 Å². The van der Waals surface area contributed by atoms with E-state index in [0.717, 1.165) is 0 Å². The van der Waals surface area contributed by atoms with Crippen LogP contribution in [0.25, 0.3) is 0 Å². The average Bonchev–Trinajstić information content (AvgIpc) is 3.06. The van der Waals surface area contributed by atoms with Crippen molar-refractivity contribution in [2.24, 2.45) is 0 Å². The van der Waals surface area contributed by atoms with Crippen molar-refractivity contribution in [2.75, 3.05) is 0 Å². The molecule has 3 aromatic rings. The van der Waals surface area contributed by atoms with Crippen LogP contribution in [0.3, 0.4) is 0 Å². The number of rotatable bonds is 5. The van der Waals surface area contributed by atoms with Crippen molar-refractivity contribution >= 4 is 11.8 Å². The molecule has 0 radical (unpaired) electrons. The molecule has 0 N–H and O–H groups in total. The Morgan fingerprint density at radius 1 is 1.21 bits per heavy atom. The Morgan fingerprint density at radius 3 is 2.67 bits per heavy atom. The molecule has 120 valence electrons. The molecule has 0 saturated heterocycles. The van der Waals surface area contributed by atoms with E-state index < -0.39 is 6.10 Å². The van der Waals surface area contributed by atoms with Crippen molar-refractivity contribution in [1.29, 1.82) is 5.26 Å². The molecule has 0 bridgehead atoms. The molecule has 6 nitrogen and oxygen atoms in total. The van der Waals surface area contributed by atoms with Gasteiger partial charge in [0, 0.05) is 6.20 Å². The van der Waals surface area contributed by atoms with E-state index in [0.29, 0.717) is 27.5 Å². The molecule has 1 atom stereocenters. The van der Waals surface area contributed by atoms with Gasteiger partial charge in [0.25, 0.3) is 11.1 Å². The lowest BCUT2D eigenvalue weighted by atomic mass is 10.3. The summed E-state index contributed by atoms with van der Waals surface area (Å²) in [7, 11) is 0. The molecule has 24 heavy (non-hydrogen) atoms. The second-order valence-corrected chi connectivity index (χ2v) is 5.69.